The number of rotatable bonds is 6. The third kappa shape index (κ3) is 4.15. The summed E-state index contributed by atoms with van der Waals surface area (Å²) in [6.07, 6.45) is 0. The summed E-state index contributed by atoms with van der Waals surface area (Å²) >= 11 is 5.65. The molecule has 0 spiro atoms. The molecule has 1 rings (SSSR count). The van der Waals surface area contributed by atoms with E-state index in [-0.39, 0.29) is 34.6 Å². The normalized spacial score (nSPS) is 11.2. The molecule has 0 aliphatic rings. The minimum absolute atomic E-state index is 0.0315. The van der Waals surface area contributed by atoms with Crippen LogP contribution in [0.25, 0.3) is 0 Å². The minimum atomic E-state index is -3.06. The number of nitrogens with zero attached hydrogens (tertiary/aromatic N) is 1. The van der Waals surface area contributed by atoms with Crippen LogP contribution in [0.2, 0.25) is 5.02 Å². The van der Waals surface area contributed by atoms with Gasteiger partial charge in [0.05, 0.1) is 10.8 Å². The van der Waals surface area contributed by atoms with Crippen molar-refractivity contribution in [3.63, 3.8) is 0 Å². The first kappa shape index (κ1) is 14.7. The van der Waals surface area contributed by atoms with Crippen LogP contribution in [0.15, 0.2) is 12.1 Å². The first-order valence-corrected chi connectivity index (χ1v) is 7.40. The number of sulfone groups is 1. The molecule has 0 unspecified atom stereocenters. The van der Waals surface area contributed by atoms with Crippen molar-refractivity contribution in [3.05, 3.63) is 22.8 Å². The molecular weight excluding hydrogens is 280 g/mol. The largest absolute Gasteiger partial charge is 0.476 e. The molecule has 0 saturated carbocycles. The molecule has 0 aliphatic heterocycles. The summed E-state index contributed by atoms with van der Waals surface area (Å²) in [6, 6.07) is 2.89. The number of hydrogen-bond donors (Lipinski definition) is 2. The molecule has 1 heterocycles. The van der Waals surface area contributed by atoms with E-state index >= 15 is 0 Å². The fourth-order valence-corrected chi connectivity index (χ4v) is 2.06. The summed E-state index contributed by atoms with van der Waals surface area (Å²) in [5, 5.41) is 11.6. The van der Waals surface area contributed by atoms with Crippen molar-refractivity contribution >= 4 is 33.2 Å². The van der Waals surface area contributed by atoms with E-state index in [4.69, 9.17) is 16.7 Å². The van der Waals surface area contributed by atoms with Gasteiger partial charge in [0, 0.05) is 12.3 Å². The number of pyridine rings is 1. The Labute approximate surface area is 110 Å². The van der Waals surface area contributed by atoms with Gasteiger partial charge in [-0.1, -0.05) is 18.5 Å². The van der Waals surface area contributed by atoms with Gasteiger partial charge < -0.3 is 10.4 Å². The molecule has 1 aromatic heterocycles. The van der Waals surface area contributed by atoms with Crippen LogP contribution in [-0.2, 0) is 9.84 Å². The highest BCUT2D eigenvalue weighted by atomic mass is 35.5. The standard InChI is InChI=1S/C10H13ClN2O4S/c1-2-18(16,17)6-5-12-8-4-3-7(11)9(13-8)10(14)15/h3-4H,2,5-6H2,1H3,(H,12,13)(H,14,15). The first-order valence-electron chi connectivity index (χ1n) is 5.20. The van der Waals surface area contributed by atoms with Gasteiger partial charge in [-0.2, -0.15) is 0 Å². The van der Waals surface area contributed by atoms with Crippen LogP contribution in [0.4, 0.5) is 5.82 Å². The molecule has 0 aromatic carbocycles. The highest BCUT2D eigenvalue weighted by Crippen LogP contribution is 2.16. The van der Waals surface area contributed by atoms with E-state index in [1.165, 1.54) is 12.1 Å². The van der Waals surface area contributed by atoms with E-state index in [9.17, 15) is 13.2 Å². The zero-order chi connectivity index (χ0) is 13.8. The maximum Gasteiger partial charge on any atom is 0.356 e. The predicted molar refractivity (Wildman–Crippen MR) is 69.0 cm³/mol. The van der Waals surface area contributed by atoms with Crippen LogP contribution in [0.3, 0.4) is 0 Å². The van der Waals surface area contributed by atoms with E-state index in [0.717, 1.165) is 0 Å². The van der Waals surface area contributed by atoms with E-state index in [1.54, 1.807) is 6.92 Å². The highest BCUT2D eigenvalue weighted by molar-refractivity contribution is 7.91. The maximum atomic E-state index is 11.2. The molecule has 8 heteroatoms. The van der Waals surface area contributed by atoms with Gasteiger partial charge in [0.1, 0.15) is 5.82 Å². The number of carboxylic acids is 1. The second kappa shape index (κ2) is 6.01. The lowest BCUT2D eigenvalue weighted by atomic mass is 10.3. The van der Waals surface area contributed by atoms with Gasteiger partial charge in [0.2, 0.25) is 0 Å². The van der Waals surface area contributed by atoms with Gasteiger partial charge in [-0.15, -0.1) is 0 Å². The summed E-state index contributed by atoms with van der Waals surface area (Å²) in [5.41, 5.74) is -0.264. The van der Waals surface area contributed by atoms with E-state index in [1.807, 2.05) is 0 Å². The highest BCUT2D eigenvalue weighted by Gasteiger charge is 2.12. The van der Waals surface area contributed by atoms with Crippen LogP contribution in [0, 0.1) is 0 Å². The van der Waals surface area contributed by atoms with Crippen molar-refractivity contribution in [3.8, 4) is 0 Å². The summed E-state index contributed by atoms with van der Waals surface area (Å²) in [7, 11) is -3.06. The average molecular weight is 293 g/mol. The van der Waals surface area contributed by atoms with Crippen LogP contribution in [0.1, 0.15) is 17.4 Å². The zero-order valence-corrected chi connectivity index (χ0v) is 11.3. The SMILES string of the molecule is CCS(=O)(=O)CCNc1ccc(Cl)c(C(=O)O)n1. The van der Waals surface area contributed by atoms with Crippen LogP contribution in [-0.4, -0.2) is 42.5 Å². The fourth-order valence-electron chi connectivity index (χ4n) is 1.17. The molecule has 0 atom stereocenters. The number of anilines is 1. The van der Waals surface area contributed by atoms with Gasteiger partial charge in [-0.05, 0) is 12.1 Å². The summed E-state index contributed by atoms with van der Waals surface area (Å²) in [5.74, 6) is -0.910. The molecule has 0 fully saturated rings. The van der Waals surface area contributed by atoms with E-state index < -0.39 is 15.8 Å². The smallest absolute Gasteiger partial charge is 0.356 e. The zero-order valence-electron chi connectivity index (χ0n) is 9.68. The molecule has 18 heavy (non-hydrogen) atoms. The molecule has 0 radical (unpaired) electrons. The molecule has 0 bridgehead atoms. The Morgan fingerprint density at radius 1 is 1.50 bits per heavy atom. The lowest BCUT2D eigenvalue weighted by Gasteiger charge is -2.07. The van der Waals surface area contributed by atoms with Gasteiger partial charge in [-0.3, -0.25) is 0 Å². The van der Waals surface area contributed by atoms with E-state index in [0.29, 0.717) is 0 Å². The van der Waals surface area contributed by atoms with Gasteiger partial charge in [0.15, 0.2) is 15.5 Å². The Hall–Kier alpha value is -1.34. The third-order valence-electron chi connectivity index (χ3n) is 2.21. The number of carbonyl (C=O) groups is 1. The molecule has 6 nitrogen and oxygen atoms in total. The maximum absolute atomic E-state index is 11.2. The van der Waals surface area contributed by atoms with Gasteiger partial charge in [0.25, 0.3) is 0 Å². The summed E-state index contributed by atoms with van der Waals surface area (Å²) in [4.78, 5) is 14.6. The van der Waals surface area contributed by atoms with Crippen molar-refractivity contribution in [2.24, 2.45) is 0 Å². The topological polar surface area (TPSA) is 96.4 Å². The average Bonchev–Trinajstić information content (AvgIpc) is 2.31. The Morgan fingerprint density at radius 2 is 2.17 bits per heavy atom. The quantitative estimate of drug-likeness (QED) is 0.820. The molecule has 0 amide bonds. The number of aromatic carboxylic acids is 1. The fraction of sp³-hybridized carbons (Fsp3) is 0.400. The van der Waals surface area contributed by atoms with Crippen molar-refractivity contribution in [2.75, 3.05) is 23.4 Å². The first-order chi connectivity index (χ1) is 8.35. The molecule has 1 aromatic rings. The summed E-state index contributed by atoms with van der Waals surface area (Å²) in [6.45, 7) is 1.74. The number of carboxylic acid groups (broad SMARTS) is 1. The Balaban J connectivity index is 2.69. The summed E-state index contributed by atoms with van der Waals surface area (Å²) < 4.78 is 22.5. The van der Waals surface area contributed by atoms with Crippen LogP contribution in [0.5, 0.6) is 0 Å². The molecule has 0 aliphatic carbocycles. The molecule has 0 saturated heterocycles. The number of hydrogen-bond acceptors (Lipinski definition) is 5. The van der Waals surface area contributed by atoms with Gasteiger partial charge >= 0.3 is 5.97 Å². The number of nitrogens with one attached hydrogen (secondary N) is 1. The lowest BCUT2D eigenvalue weighted by molar-refractivity contribution is 0.0691. The van der Waals surface area contributed by atoms with E-state index in [2.05, 4.69) is 10.3 Å². The molecule has 100 valence electrons. The van der Waals surface area contributed by atoms with Crippen molar-refractivity contribution in [1.82, 2.24) is 4.98 Å². The predicted octanol–water partition coefficient (Wildman–Crippen LogP) is 1.28. The van der Waals surface area contributed by atoms with Crippen molar-refractivity contribution < 1.29 is 18.3 Å². The van der Waals surface area contributed by atoms with Crippen molar-refractivity contribution in [1.29, 1.82) is 0 Å². The van der Waals surface area contributed by atoms with Crippen molar-refractivity contribution in [2.45, 2.75) is 6.92 Å². The van der Waals surface area contributed by atoms with Gasteiger partial charge in [-0.25, -0.2) is 18.2 Å². The minimum Gasteiger partial charge on any atom is -0.476 e. The Morgan fingerprint density at radius 3 is 2.72 bits per heavy atom. The Bertz CT molecular complexity index is 545. The molecule has 2 N–H and O–H groups in total. The molecular formula is C10H13ClN2O4S. The number of aromatic nitrogens is 1. The van der Waals surface area contributed by atoms with Crippen LogP contribution < -0.4 is 5.32 Å². The number of halogens is 1. The second-order valence-corrected chi connectivity index (χ2v) is 6.38. The lowest BCUT2D eigenvalue weighted by Crippen LogP contribution is -2.18. The monoisotopic (exact) mass is 292 g/mol. The second-order valence-electron chi connectivity index (χ2n) is 3.50. The Kier molecular flexibility index (Phi) is 4.92. The third-order valence-corrected chi connectivity index (χ3v) is 4.22. The van der Waals surface area contributed by atoms with Crippen LogP contribution >= 0.6 is 11.6 Å².